The summed E-state index contributed by atoms with van der Waals surface area (Å²) in [6.45, 7) is 0.157. The Morgan fingerprint density at radius 3 is 2.14 bits per heavy atom. The highest BCUT2D eigenvalue weighted by Crippen LogP contribution is 2.32. The maximum atomic E-state index is 13.2. The first-order valence-electron chi connectivity index (χ1n) is 8.96. The van der Waals surface area contributed by atoms with Gasteiger partial charge >= 0.3 is 0 Å². The number of nitrogens with zero attached hydrogens (tertiary/aromatic N) is 1. The number of anilines is 1. The molecule has 144 valence electrons. The van der Waals surface area contributed by atoms with Gasteiger partial charge in [-0.1, -0.05) is 54.1 Å². The summed E-state index contributed by atoms with van der Waals surface area (Å²) in [5.74, 6) is -1.22. The van der Waals surface area contributed by atoms with Crippen LogP contribution < -0.4 is 5.32 Å². The molecule has 0 fully saturated rings. The van der Waals surface area contributed by atoms with Gasteiger partial charge in [0.2, 0.25) is 0 Å². The first-order chi connectivity index (χ1) is 14.0. The van der Waals surface area contributed by atoms with E-state index in [1.165, 1.54) is 29.2 Å². The summed E-state index contributed by atoms with van der Waals surface area (Å²) in [6, 6.07) is 21.6. The highest BCUT2D eigenvalue weighted by molar-refractivity contribution is 6.36. The van der Waals surface area contributed by atoms with E-state index in [9.17, 15) is 14.0 Å². The Morgan fingerprint density at radius 1 is 0.828 bits per heavy atom. The third-order valence-corrected chi connectivity index (χ3v) is 4.85. The van der Waals surface area contributed by atoms with Gasteiger partial charge in [-0.05, 0) is 47.5 Å². The van der Waals surface area contributed by atoms with E-state index in [1.807, 2.05) is 30.3 Å². The van der Waals surface area contributed by atoms with E-state index in [4.69, 9.17) is 11.6 Å². The molecule has 0 radical (unpaired) electrons. The first kappa shape index (κ1) is 18.9. The molecule has 0 bridgehead atoms. The van der Waals surface area contributed by atoms with Crippen molar-refractivity contribution in [3.8, 4) is 0 Å². The summed E-state index contributed by atoms with van der Waals surface area (Å²) in [6.07, 6.45) is 0. The van der Waals surface area contributed by atoms with Crippen LogP contribution in [-0.4, -0.2) is 16.7 Å². The third-order valence-electron chi connectivity index (χ3n) is 4.60. The van der Waals surface area contributed by atoms with Crippen molar-refractivity contribution in [2.45, 2.75) is 6.54 Å². The van der Waals surface area contributed by atoms with Crippen LogP contribution in [0.4, 0.5) is 10.1 Å². The molecule has 4 nitrogen and oxygen atoms in total. The Hall–Kier alpha value is -3.44. The number of benzene rings is 3. The Bertz CT molecular complexity index is 1090. The fourth-order valence-corrected chi connectivity index (χ4v) is 3.29. The van der Waals surface area contributed by atoms with Crippen molar-refractivity contribution >= 4 is 34.7 Å². The largest absolute Gasteiger partial charge is 0.350 e. The number of rotatable bonds is 5. The molecule has 1 aliphatic heterocycles. The van der Waals surface area contributed by atoms with Crippen molar-refractivity contribution < 1.29 is 14.0 Å². The van der Waals surface area contributed by atoms with E-state index in [1.54, 1.807) is 24.3 Å². The third kappa shape index (κ3) is 3.91. The number of carbonyl (C=O) groups excluding carboxylic acids is 2. The standard InChI is InChI=1S/C23H16ClFN2O2/c24-17-8-6-16(7-9-17)20-21(26-19-12-10-18(25)11-13-19)23(29)27(22(20)28)14-15-4-2-1-3-5-15/h1-13,26H,14H2. The Morgan fingerprint density at radius 2 is 1.48 bits per heavy atom. The summed E-state index contributed by atoms with van der Waals surface area (Å²) >= 11 is 5.97. The van der Waals surface area contributed by atoms with Crippen molar-refractivity contribution in [2.75, 3.05) is 5.32 Å². The van der Waals surface area contributed by atoms with E-state index >= 15 is 0 Å². The molecule has 0 saturated heterocycles. The SMILES string of the molecule is O=C1C(Nc2ccc(F)cc2)=C(c2ccc(Cl)cc2)C(=O)N1Cc1ccccc1. The fraction of sp³-hybridized carbons (Fsp3) is 0.0435. The second-order valence-electron chi connectivity index (χ2n) is 6.57. The minimum absolute atomic E-state index is 0.153. The van der Waals surface area contributed by atoms with Gasteiger partial charge in [0.15, 0.2) is 0 Å². The van der Waals surface area contributed by atoms with Gasteiger partial charge in [0.05, 0.1) is 12.1 Å². The van der Waals surface area contributed by atoms with Crippen LogP contribution >= 0.6 is 11.6 Å². The van der Waals surface area contributed by atoms with Gasteiger partial charge in [0.1, 0.15) is 11.5 Å². The lowest BCUT2D eigenvalue weighted by molar-refractivity contribution is -0.137. The summed E-state index contributed by atoms with van der Waals surface area (Å²) in [5, 5.41) is 3.52. The van der Waals surface area contributed by atoms with Crippen LogP contribution in [0, 0.1) is 5.82 Å². The Balaban J connectivity index is 1.74. The molecule has 0 spiro atoms. The average molecular weight is 407 g/mol. The fourth-order valence-electron chi connectivity index (χ4n) is 3.16. The van der Waals surface area contributed by atoms with Gasteiger partial charge in [0.25, 0.3) is 11.8 Å². The summed E-state index contributed by atoms with van der Waals surface area (Å²) in [4.78, 5) is 27.5. The molecule has 3 aromatic carbocycles. The average Bonchev–Trinajstić information content (AvgIpc) is 2.95. The highest BCUT2D eigenvalue weighted by atomic mass is 35.5. The summed E-state index contributed by atoms with van der Waals surface area (Å²) < 4.78 is 13.2. The van der Waals surface area contributed by atoms with Crippen LogP contribution in [0.25, 0.3) is 5.57 Å². The van der Waals surface area contributed by atoms with Gasteiger partial charge in [-0.25, -0.2) is 4.39 Å². The van der Waals surface area contributed by atoms with Crippen molar-refractivity contribution in [2.24, 2.45) is 0 Å². The van der Waals surface area contributed by atoms with E-state index in [0.29, 0.717) is 16.3 Å². The van der Waals surface area contributed by atoms with Crippen LogP contribution in [0.1, 0.15) is 11.1 Å². The first-order valence-corrected chi connectivity index (χ1v) is 9.33. The van der Waals surface area contributed by atoms with Crippen LogP contribution in [0.2, 0.25) is 5.02 Å². The van der Waals surface area contributed by atoms with Crippen molar-refractivity contribution in [1.82, 2.24) is 4.90 Å². The molecule has 0 saturated carbocycles. The number of amides is 2. The molecular formula is C23H16ClFN2O2. The maximum absolute atomic E-state index is 13.2. The summed E-state index contributed by atoms with van der Waals surface area (Å²) in [5.41, 5.74) is 2.34. The molecule has 4 rings (SSSR count). The maximum Gasteiger partial charge on any atom is 0.278 e. The zero-order valence-electron chi connectivity index (χ0n) is 15.2. The zero-order valence-corrected chi connectivity index (χ0v) is 16.0. The molecule has 0 unspecified atom stereocenters. The molecule has 0 aliphatic carbocycles. The van der Waals surface area contributed by atoms with Gasteiger partial charge < -0.3 is 5.32 Å². The number of halogens is 2. The monoisotopic (exact) mass is 406 g/mol. The van der Waals surface area contributed by atoms with Gasteiger partial charge in [-0.2, -0.15) is 0 Å². The molecule has 3 aromatic rings. The zero-order chi connectivity index (χ0) is 20.4. The van der Waals surface area contributed by atoms with Crippen LogP contribution in [0.5, 0.6) is 0 Å². The number of nitrogens with one attached hydrogen (secondary N) is 1. The smallest absolute Gasteiger partial charge is 0.278 e. The van der Waals surface area contributed by atoms with Gasteiger partial charge in [0, 0.05) is 10.7 Å². The van der Waals surface area contributed by atoms with Crippen molar-refractivity contribution in [3.05, 3.63) is 107 Å². The van der Waals surface area contributed by atoms with E-state index in [2.05, 4.69) is 5.32 Å². The topological polar surface area (TPSA) is 49.4 Å². The van der Waals surface area contributed by atoms with Crippen LogP contribution in [-0.2, 0) is 16.1 Å². The lowest BCUT2D eigenvalue weighted by Gasteiger charge is -2.15. The highest BCUT2D eigenvalue weighted by Gasteiger charge is 2.39. The van der Waals surface area contributed by atoms with Crippen molar-refractivity contribution in [3.63, 3.8) is 0 Å². The van der Waals surface area contributed by atoms with Crippen molar-refractivity contribution in [1.29, 1.82) is 0 Å². The second-order valence-corrected chi connectivity index (χ2v) is 7.01. The second kappa shape index (κ2) is 7.89. The molecule has 1 aliphatic rings. The molecule has 0 aromatic heterocycles. The molecular weight excluding hydrogens is 391 g/mol. The Kier molecular flexibility index (Phi) is 5.14. The van der Waals surface area contributed by atoms with E-state index in [-0.39, 0.29) is 23.6 Å². The molecule has 29 heavy (non-hydrogen) atoms. The summed E-state index contributed by atoms with van der Waals surface area (Å²) in [7, 11) is 0. The minimum atomic E-state index is -0.437. The van der Waals surface area contributed by atoms with Crippen LogP contribution in [0.15, 0.2) is 84.6 Å². The predicted molar refractivity (Wildman–Crippen MR) is 110 cm³/mol. The molecule has 1 N–H and O–H groups in total. The quantitative estimate of drug-likeness (QED) is 0.615. The lowest BCUT2D eigenvalue weighted by Crippen LogP contribution is -2.31. The Labute approximate surface area is 172 Å². The normalized spacial score (nSPS) is 13.9. The van der Waals surface area contributed by atoms with Crippen LogP contribution in [0.3, 0.4) is 0 Å². The molecule has 2 amide bonds. The lowest BCUT2D eigenvalue weighted by atomic mass is 10.0. The van der Waals surface area contributed by atoms with Gasteiger partial charge in [-0.15, -0.1) is 0 Å². The number of hydrogen-bond donors (Lipinski definition) is 1. The molecule has 6 heteroatoms. The number of imide groups is 1. The minimum Gasteiger partial charge on any atom is -0.350 e. The molecule has 0 atom stereocenters. The molecule has 1 heterocycles. The predicted octanol–water partition coefficient (Wildman–Crippen LogP) is 4.87. The van der Waals surface area contributed by atoms with E-state index < -0.39 is 11.8 Å². The number of carbonyl (C=O) groups is 2. The van der Waals surface area contributed by atoms with E-state index in [0.717, 1.165) is 5.56 Å². The number of hydrogen-bond acceptors (Lipinski definition) is 3. The van der Waals surface area contributed by atoms with Gasteiger partial charge in [-0.3, -0.25) is 14.5 Å².